The SMILES string of the molecule is Cc1ccccc1NC(=O)CN1C(=O)N[C@@](C)(c2ccccc2Cl)C1=O. The van der Waals surface area contributed by atoms with Gasteiger partial charge in [0.05, 0.1) is 0 Å². The largest absolute Gasteiger partial charge is 0.325 e. The number of nitrogens with zero attached hydrogens (tertiary/aromatic N) is 1. The Morgan fingerprint density at radius 2 is 1.81 bits per heavy atom. The fourth-order valence-corrected chi connectivity index (χ4v) is 3.26. The van der Waals surface area contributed by atoms with Crippen LogP contribution >= 0.6 is 11.6 Å². The number of aryl methyl sites for hydroxylation is 1. The summed E-state index contributed by atoms with van der Waals surface area (Å²) in [5.74, 6) is -0.971. The number of nitrogens with one attached hydrogen (secondary N) is 2. The molecule has 0 aliphatic carbocycles. The summed E-state index contributed by atoms with van der Waals surface area (Å²) in [4.78, 5) is 38.4. The van der Waals surface area contributed by atoms with Crippen molar-refractivity contribution in [3.05, 3.63) is 64.7 Å². The number of carbonyl (C=O) groups excluding carboxylic acids is 3. The Hall–Kier alpha value is -2.86. The third-order valence-corrected chi connectivity index (χ3v) is 4.74. The average Bonchev–Trinajstić information content (AvgIpc) is 2.81. The Morgan fingerprint density at radius 1 is 1.15 bits per heavy atom. The van der Waals surface area contributed by atoms with Gasteiger partial charge in [0.25, 0.3) is 5.91 Å². The topological polar surface area (TPSA) is 78.5 Å². The highest BCUT2D eigenvalue weighted by Gasteiger charge is 2.50. The molecule has 134 valence electrons. The van der Waals surface area contributed by atoms with Gasteiger partial charge in [0.2, 0.25) is 5.91 Å². The van der Waals surface area contributed by atoms with Gasteiger partial charge >= 0.3 is 6.03 Å². The quantitative estimate of drug-likeness (QED) is 0.811. The van der Waals surface area contributed by atoms with Gasteiger partial charge in [-0.05, 0) is 31.5 Å². The second kappa shape index (κ2) is 6.80. The van der Waals surface area contributed by atoms with Crippen LogP contribution in [0.5, 0.6) is 0 Å². The second-order valence-corrected chi connectivity index (χ2v) is 6.70. The molecule has 6 nitrogen and oxygen atoms in total. The summed E-state index contributed by atoms with van der Waals surface area (Å²) in [5.41, 5.74) is 0.706. The van der Waals surface area contributed by atoms with E-state index in [4.69, 9.17) is 11.6 Å². The molecule has 0 unspecified atom stereocenters. The predicted molar refractivity (Wildman–Crippen MR) is 98.9 cm³/mol. The molecular weight excluding hydrogens is 354 g/mol. The van der Waals surface area contributed by atoms with Crippen molar-refractivity contribution >= 4 is 35.1 Å². The number of imide groups is 1. The van der Waals surface area contributed by atoms with Crippen molar-refractivity contribution in [3.8, 4) is 0 Å². The van der Waals surface area contributed by atoms with E-state index in [-0.39, 0.29) is 6.54 Å². The maximum Gasteiger partial charge on any atom is 0.325 e. The van der Waals surface area contributed by atoms with Crippen LogP contribution in [0.1, 0.15) is 18.1 Å². The lowest BCUT2D eigenvalue weighted by Gasteiger charge is -2.23. The first-order chi connectivity index (χ1) is 12.3. The molecular formula is C19H18ClN3O3. The summed E-state index contributed by atoms with van der Waals surface area (Å²) in [6.07, 6.45) is 0. The molecule has 0 aromatic heterocycles. The monoisotopic (exact) mass is 371 g/mol. The maximum atomic E-state index is 12.8. The molecule has 0 radical (unpaired) electrons. The summed E-state index contributed by atoms with van der Waals surface area (Å²) in [7, 11) is 0. The van der Waals surface area contributed by atoms with Gasteiger partial charge in [0.1, 0.15) is 12.1 Å². The molecule has 1 aliphatic heterocycles. The predicted octanol–water partition coefficient (Wildman–Crippen LogP) is 3.05. The van der Waals surface area contributed by atoms with Gasteiger partial charge in [-0.3, -0.25) is 14.5 Å². The summed E-state index contributed by atoms with van der Waals surface area (Å²) < 4.78 is 0. The van der Waals surface area contributed by atoms with Gasteiger partial charge in [-0.1, -0.05) is 48.0 Å². The van der Waals surface area contributed by atoms with E-state index in [1.165, 1.54) is 0 Å². The second-order valence-electron chi connectivity index (χ2n) is 6.29. The standard InChI is InChI=1S/C19H18ClN3O3/c1-12-7-3-6-10-15(12)21-16(24)11-23-17(25)19(2,22-18(23)26)13-8-4-5-9-14(13)20/h3-10H,11H2,1-2H3,(H,21,24)(H,22,26)/t19-/m0/s1. The molecule has 1 fully saturated rings. The number of benzene rings is 2. The number of anilines is 1. The van der Waals surface area contributed by atoms with Crippen molar-refractivity contribution in [1.29, 1.82) is 0 Å². The van der Waals surface area contributed by atoms with Crippen molar-refractivity contribution in [3.63, 3.8) is 0 Å². The Balaban J connectivity index is 1.78. The van der Waals surface area contributed by atoms with E-state index in [1.54, 1.807) is 43.3 Å². The van der Waals surface area contributed by atoms with Crippen LogP contribution < -0.4 is 10.6 Å². The van der Waals surface area contributed by atoms with Crippen molar-refractivity contribution < 1.29 is 14.4 Å². The molecule has 2 aromatic carbocycles. The molecule has 2 aromatic rings. The Kier molecular flexibility index (Phi) is 4.70. The van der Waals surface area contributed by atoms with Crippen LogP contribution in [0.2, 0.25) is 5.02 Å². The number of rotatable bonds is 4. The van der Waals surface area contributed by atoms with Crippen molar-refractivity contribution in [2.45, 2.75) is 19.4 Å². The zero-order chi connectivity index (χ0) is 18.9. The fraction of sp³-hybridized carbons (Fsp3) is 0.211. The maximum absolute atomic E-state index is 12.8. The minimum Gasteiger partial charge on any atom is -0.324 e. The van der Waals surface area contributed by atoms with Crippen LogP contribution in [-0.4, -0.2) is 29.3 Å². The highest BCUT2D eigenvalue weighted by atomic mass is 35.5. The van der Waals surface area contributed by atoms with Crippen LogP contribution in [0.3, 0.4) is 0 Å². The minimum atomic E-state index is -1.31. The molecule has 0 spiro atoms. The van der Waals surface area contributed by atoms with Gasteiger partial charge in [0.15, 0.2) is 0 Å². The third-order valence-electron chi connectivity index (χ3n) is 4.41. The number of hydrogen-bond donors (Lipinski definition) is 2. The van der Waals surface area contributed by atoms with E-state index in [9.17, 15) is 14.4 Å². The molecule has 1 heterocycles. The van der Waals surface area contributed by atoms with Crippen molar-refractivity contribution in [1.82, 2.24) is 10.2 Å². The molecule has 1 saturated heterocycles. The van der Waals surface area contributed by atoms with Crippen molar-refractivity contribution in [2.75, 3.05) is 11.9 Å². The lowest BCUT2D eigenvalue weighted by atomic mass is 9.92. The van der Waals surface area contributed by atoms with Crippen molar-refractivity contribution in [2.24, 2.45) is 0 Å². The van der Waals surface area contributed by atoms with E-state index in [0.29, 0.717) is 16.3 Å². The van der Waals surface area contributed by atoms with Gasteiger partial charge in [-0.2, -0.15) is 0 Å². The highest BCUT2D eigenvalue weighted by Crippen LogP contribution is 2.33. The van der Waals surface area contributed by atoms with Gasteiger partial charge in [-0.15, -0.1) is 0 Å². The van der Waals surface area contributed by atoms with Gasteiger partial charge in [0, 0.05) is 16.3 Å². The molecule has 0 saturated carbocycles. The molecule has 0 bridgehead atoms. The summed E-state index contributed by atoms with van der Waals surface area (Å²) >= 11 is 6.18. The lowest BCUT2D eigenvalue weighted by Crippen LogP contribution is -2.42. The molecule has 2 N–H and O–H groups in total. The van der Waals surface area contributed by atoms with E-state index >= 15 is 0 Å². The zero-order valence-corrected chi connectivity index (χ0v) is 15.1. The number of halogens is 1. The minimum absolute atomic E-state index is 0.370. The van der Waals surface area contributed by atoms with Crippen LogP contribution in [-0.2, 0) is 15.1 Å². The van der Waals surface area contributed by atoms with E-state index in [2.05, 4.69) is 10.6 Å². The first kappa shape index (κ1) is 17.9. The Labute approximate surface area is 156 Å². The van der Waals surface area contributed by atoms with E-state index in [1.807, 2.05) is 19.1 Å². The van der Waals surface area contributed by atoms with Crippen LogP contribution in [0, 0.1) is 6.92 Å². The normalized spacial score (nSPS) is 19.4. The number of urea groups is 1. The van der Waals surface area contributed by atoms with Gasteiger partial charge in [-0.25, -0.2) is 4.79 Å². The lowest BCUT2D eigenvalue weighted by molar-refractivity contribution is -0.133. The number of hydrogen-bond acceptors (Lipinski definition) is 3. The van der Waals surface area contributed by atoms with Gasteiger partial charge < -0.3 is 10.6 Å². The highest BCUT2D eigenvalue weighted by molar-refractivity contribution is 6.32. The fourth-order valence-electron chi connectivity index (χ4n) is 2.94. The molecule has 26 heavy (non-hydrogen) atoms. The summed E-state index contributed by atoms with van der Waals surface area (Å²) in [5, 5.41) is 5.73. The molecule has 1 atom stereocenters. The number of para-hydroxylation sites is 1. The number of carbonyl (C=O) groups is 3. The van der Waals surface area contributed by atoms with Crippen LogP contribution in [0.4, 0.5) is 10.5 Å². The van der Waals surface area contributed by atoms with E-state index < -0.39 is 23.4 Å². The molecule has 4 amide bonds. The Morgan fingerprint density at radius 3 is 2.50 bits per heavy atom. The third kappa shape index (κ3) is 3.15. The summed E-state index contributed by atoms with van der Waals surface area (Å²) in [6.45, 7) is 3.06. The Bertz CT molecular complexity index is 899. The first-order valence-electron chi connectivity index (χ1n) is 8.07. The summed E-state index contributed by atoms with van der Waals surface area (Å²) in [6, 6.07) is 13.4. The molecule has 7 heteroatoms. The van der Waals surface area contributed by atoms with Crippen LogP contribution in [0.25, 0.3) is 0 Å². The zero-order valence-electron chi connectivity index (χ0n) is 14.4. The van der Waals surface area contributed by atoms with E-state index in [0.717, 1.165) is 10.5 Å². The average molecular weight is 372 g/mol. The molecule has 1 aliphatic rings. The molecule has 3 rings (SSSR count). The first-order valence-corrected chi connectivity index (χ1v) is 8.45. The van der Waals surface area contributed by atoms with Crippen LogP contribution in [0.15, 0.2) is 48.5 Å². The number of amides is 4. The smallest absolute Gasteiger partial charge is 0.324 e.